The summed E-state index contributed by atoms with van der Waals surface area (Å²) in [6.45, 7) is 0. The maximum atomic E-state index is 5.22. The van der Waals surface area contributed by atoms with Gasteiger partial charge in [0.25, 0.3) is 0 Å². The molecule has 1 aliphatic carbocycles. The van der Waals surface area contributed by atoms with Gasteiger partial charge in [0.1, 0.15) is 0 Å². The number of rotatable bonds is 0. The van der Waals surface area contributed by atoms with E-state index in [1.54, 1.807) is 0 Å². The third kappa shape index (κ3) is 0.533. The minimum Gasteiger partial charge on any atom is -0.368 e. The van der Waals surface area contributed by atoms with Crippen molar-refractivity contribution < 1.29 is 4.74 Å². The third-order valence-corrected chi connectivity index (χ3v) is 2.68. The van der Waals surface area contributed by atoms with Crippen molar-refractivity contribution in [2.75, 3.05) is 0 Å². The van der Waals surface area contributed by atoms with E-state index in [2.05, 4.69) is 15.9 Å². The number of fused-ring (bicyclic) bond motifs is 1. The number of halogens is 1. The van der Waals surface area contributed by atoms with Gasteiger partial charge in [0.05, 0.1) is 12.2 Å². The van der Waals surface area contributed by atoms with E-state index in [0.717, 1.165) is 0 Å². The molecule has 2 heteroatoms. The lowest BCUT2D eigenvalue weighted by Gasteiger charge is -1.94. The van der Waals surface area contributed by atoms with Crippen LogP contribution in [-0.2, 0) is 4.74 Å². The first-order valence-electron chi connectivity index (χ1n) is 2.67. The fourth-order valence-electron chi connectivity index (χ4n) is 1.19. The predicted octanol–water partition coefficient (Wildman–Crippen LogP) is 1.31. The number of hydrogen-bond donors (Lipinski definition) is 0. The highest BCUT2D eigenvalue weighted by atomic mass is 79.9. The fraction of sp³-hybridized carbons (Fsp3) is 1.00. The zero-order chi connectivity index (χ0) is 4.85. The molecule has 1 saturated carbocycles. The molecule has 40 valence electrons. The molecule has 0 unspecified atom stereocenters. The fourth-order valence-corrected chi connectivity index (χ4v) is 1.92. The van der Waals surface area contributed by atoms with Gasteiger partial charge in [0, 0.05) is 4.83 Å². The van der Waals surface area contributed by atoms with Gasteiger partial charge in [-0.05, 0) is 12.8 Å². The average molecular weight is 163 g/mol. The zero-order valence-electron chi connectivity index (χ0n) is 3.93. The highest BCUT2D eigenvalue weighted by molar-refractivity contribution is 9.09. The molecule has 0 spiro atoms. The maximum absolute atomic E-state index is 5.22. The van der Waals surface area contributed by atoms with Crippen LogP contribution in [0.4, 0.5) is 0 Å². The van der Waals surface area contributed by atoms with Gasteiger partial charge < -0.3 is 4.74 Å². The molecule has 1 heterocycles. The topological polar surface area (TPSA) is 12.5 Å². The van der Waals surface area contributed by atoms with Gasteiger partial charge in [-0.15, -0.1) is 0 Å². The summed E-state index contributed by atoms with van der Waals surface area (Å²) in [5.41, 5.74) is 0. The van der Waals surface area contributed by atoms with Crippen LogP contribution < -0.4 is 0 Å². The van der Waals surface area contributed by atoms with Crippen LogP contribution in [-0.4, -0.2) is 17.0 Å². The predicted molar refractivity (Wildman–Crippen MR) is 30.6 cm³/mol. The number of ether oxygens (including phenoxy) is 1. The largest absolute Gasteiger partial charge is 0.368 e. The monoisotopic (exact) mass is 162 g/mol. The molecule has 3 atom stereocenters. The van der Waals surface area contributed by atoms with Crippen molar-refractivity contribution in [1.82, 2.24) is 0 Å². The Hall–Kier alpha value is 0.440. The Morgan fingerprint density at radius 2 is 2.29 bits per heavy atom. The summed E-state index contributed by atoms with van der Waals surface area (Å²) in [6.07, 6.45) is 3.83. The van der Waals surface area contributed by atoms with Crippen LogP contribution >= 0.6 is 15.9 Å². The molecule has 1 saturated heterocycles. The molecule has 0 aromatic rings. The van der Waals surface area contributed by atoms with Crippen LogP contribution in [0.2, 0.25) is 0 Å². The summed E-state index contributed by atoms with van der Waals surface area (Å²) in [7, 11) is 0. The van der Waals surface area contributed by atoms with Gasteiger partial charge in [0.15, 0.2) is 0 Å². The second-order valence-electron chi connectivity index (χ2n) is 2.23. The summed E-state index contributed by atoms with van der Waals surface area (Å²) in [5.74, 6) is 0. The molecule has 0 amide bonds. The standard InChI is InChI=1S/C5H7BrO/c6-3-1-2-4-5(3)7-4/h3-5H,1-2H2/t3-,4+,5-/m0/s1. The smallest absolute Gasteiger partial charge is 0.0966 e. The van der Waals surface area contributed by atoms with Crippen molar-refractivity contribution in [3.05, 3.63) is 0 Å². The quantitative estimate of drug-likeness (QED) is 0.387. The lowest BCUT2D eigenvalue weighted by atomic mass is 10.4. The highest BCUT2D eigenvalue weighted by Crippen LogP contribution is 2.42. The molecule has 2 fully saturated rings. The van der Waals surface area contributed by atoms with E-state index >= 15 is 0 Å². The molecule has 2 rings (SSSR count). The van der Waals surface area contributed by atoms with Crippen molar-refractivity contribution in [2.45, 2.75) is 29.9 Å². The number of epoxide rings is 1. The normalized spacial score (nSPS) is 57.0. The second kappa shape index (κ2) is 1.23. The van der Waals surface area contributed by atoms with E-state index in [4.69, 9.17) is 4.74 Å². The molecule has 0 aromatic heterocycles. The van der Waals surface area contributed by atoms with Gasteiger partial charge in [-0.25, -0.2) is 0 Å². The third-order valence-electron chi connectivity index (χ3n) is 1.71. The Kier molecular flexibility index (Phi) is 0.762. The van der Waals surface area contributed by atoms with Crippen LogP contribution in [0.25, 0.3) is 0 Å². The summed E-state index contributed by atoms with van der Waals surface area (Å²) in [6, 6.07) is 0. The van der Waals surface area contributed by atoms with E-state index in [-0.39, 0.29) is 0 Å². The molecular formula is C5H7BrO. The summed E-state index contributed by atoms with van der Waals surface area (Å²) >= 11 is 3.52. The minimum atomic E-state index is 0.597. The first-order chi connectivity index (χ1) is 3.38. The van der Waals surface area contributed by atoms with Gasteiger partial charge in [0.2, 0.25) is 0 Å². The summed E-state index contributed by atoms with van der Waals surface area (Å²) in [5, 5.41) is 0. The molecule has 2 aliphatic rings. The summed E-state index contributed by atoms with van der Waals surface area (Å²) in [4.78, 5) is 0.678. The average Bonchev–Trinajstić information content (AvgIpc) is 2.33. The Morgan fingerprint density at radius 3 is 2.43 bits per heavy atom. The first kappa shape index (κ1) is 4.33. The number of hydrogen-bond acceptors (Lipinski definition) is 1. The number of alkyl halides is 1. The molecule has 0 aromatic carbocycles. The molecule has 1 nitrogen and oxygen atoms in total. The van der Waals surface area contributed by atoms with Crippen LogP contribution in [0.5, 0.6) is 0 Å². The Labute approximate surface area is 51.2 Å². The SMILES string of the molecule is Br[C@H]1CC[C@H]2O[C@@H]12. The van der Waals surface area contributed by atoms with Crippen molar-refractivity contribution in [3.63, 3.8) is 0 Å². The Morgan fingerprint density at radius 1 is 1.43 bits per heavy atom. The van der Waals surface area contributed by atoms with Gasteiger partial charge in [-0.3, -0.25) is 0 Å². The van der Waals surface area contributed by atoms with E-state index in [9.17, 15) is 0 Å². The van der Waals surface area contributed by atoms with Crippen LogP contribution in [0.1, 0.15) is 12.8 Å². The Balaban J connectivity index is 2.08. The maximum Gasteiger partial charge on any atom is 0.0966 e. The Bertz CT molecular complexity index is 94.1. The molecule has 1 aliphatic heterocycles. The molecular weight excluding hydrogens is 156 g/mol. The molecule has 0 bridgehead atoms. The highest BCUT2D eigenvalue weighted by Gasteiger charge is 2.48. The van der Waals surface area contributed by atoms with Gasteiger partial charge >= 0.3 is 0 Å². The van der Waals surface area contributed by atoms with Gasteiger partial charge in [-0.1, -0.05) is 15.9 Å². The van der Waals surface area contributed by atoms with Crippen molar-refractivity contribution in [3.8, 4) is 0 Å². The van der Waals surface area contributed by atoms with Crippen molar-refractivity contribution >= 4 is 15.9 Å². The summed E-state index contributed by atoms with van der Waals surface area (Å²) < 4.78 is 5.22. The first-order valence-corrected chi connectivity index (χ1v) is 3.59. The van der Waals surface area contributed by atoms with Crippen LogP contribution in [0.15, 0.2) is 0 Å². The second-order valence-corrected chi connectivity index (χ2v) is 3.41. The van der Waals surface area contributed by atoms with Gasteiger partial charge in [-0.2, -0.15) is 0 Å². The molecule has 0 N–H and O–H groups in total. The minimum absolute atomic E-state index is 0.597. The molecule has 0 radical (unpaired) electrons. The van der Waals surface area contributed by atoms with Crippen molar-refractivity contribution in [1.29, 1.82) is 0 Å². The van der Waals surface area contributed by atoms with E-state index in [1.165, 1.54) is 12.8 Å². The molecule has 7 heavy (non-hydrogen) atoms. The van der Waals surface area contributed by atoms with E-state index in [1.807, 2.05) is 0 Å². The lowest BCUT2D eigenvalue weighted by Crippen LogP contribution is -1.98. The van der Waals surface area contributed by atoms with E-state index in [0.29, 0.717) is 17.0 Å². The zero-order valence-corrected chi connectivity index (χ0v) is 5.52. The van der Waals surface area contributed by atoms with Crippen molar-refractivity contribution in [2.24, 2.45) is 0 Å². The lowest BCUT2D eigenvalue weighted by molar-refractivity contribution is 0.328. The van der Waals surface area contributed by atoms with Crippen LogP contribution in [0.3, 0.4) is 0 Å². The van der Waals surface area contributed by atoms with E-state index < -0.39 is 0 Å². The van der Waals surface area contributed by atoms with Crippen LogP contribution in [0, 0.1) is 0 Å².